The molecule has 0 aliphatic carbocycles. The summed E-state index contributed by atoms with van der Waals surface area (Å²) in [5, 5.41) is 8.88. The summed E-state index contributed by atoms with van der Waals surface area (Å²) in [6.07, 6.45) is 2.77. The lowest BCUT2D eigenvalue weighted by Gasteiger charge is -1.99. The van der Waals surface area contributed by atoms with Gasteiger partial charge in [0, 0.05) is 26.4 Å². The molecule has 7 heteroatoms. The molecule has 0 spiro atoms. The standard InChI is InChI=1S/C11H14N6S/c1-4-7-9-10(16(3)13-7)17(11(18)12-9)8-5-6-15(2)14-8/h5-6H,4H2,1-3H3,(H,12,18). The lowest BCUT2D eigenvalue weighted by atomic mass is 10.3. The molecular formula is C11H14N6S. The van der Waals surface area contributed by atoms with Crippen LogP contribution in [-0.4, -0.2) is 29.1 Å². The van der Waals surface area contributed by atoms with E-state index in [0.29, 0.717) is 4.77 Å². The molecule has 3 aromatic rings. The fourth-order valence-electron chi connectivity index (χ4n) is 2.19. The Morgan fingerprint density at radius 2 is 2.11 bits per heavy atom. The monoisotopic (exact) mass is 262 g/mol. The van der Waals surface area contributed by atoms with Crippen molar-refractivity contribution in [2.45, 2.75) is 13.3 Å². The van der Waals surface area contributed by atoms with Gasteiger partial charge in [-0.2, -0.15) is 10.2 Å². The Hall–Kier alpha value is -1.89. The molecule has 0 aromatic carbocycles. The summed E-state index contributed by atoms with van der Waals surface area (Å²) in [7, 11) is 3.81. The van der Waals surface area contributed by atoms with E-state index >= 15 is 0 Å². The Bertz CT molecular complexity index is 771. The second kappa shape index (κ2) is 3.81. The molecule has 0 amide bonds. The summed E-state index contributed by atoms with van der Waals surface area (Å²) >= 11 is 5.38. The average molecular weight is 262 g/mol. The first-order valence-electron chi connectivity index (χ1n) is 5.78. The minimum absolute atomic E-state index is 0.645. The Labute approximate surface area is 109 Å². The van der Waals surface area contributed by atoms with Crippen LogP contribution in [0, 0.1) is 4.77 Å². The number of nitrogens with zero attached hydrogens (tertiary/aromatic N) is 5. The Morgan fingerprint density at radius 1 is 1.33 bits per heavy atom. The topological polar surface area (TPSA) is 56.4 Å². The van der Waals surface area contributed by atoms with E-state index in [1.54, 1.807) is 4.68 Å². The maximum Gasteiger partial charge on any atom is 0.185 e. The van der Waals surface area contributed by atoms with Crippen LogP contribution in [0.1, 0.15) is 12.6 Å². The van der Waals surface area contributed by atoms with Crippen molar-refractivity contribution in [3.8, 4) is 5.82 Å². The van der Waals surface area contributed by atoms with Crippen molar-refractivity contribution in [3.05, 3.63) is 22.7 Å². The van der Waals surface area contributed by atoms with E-state index in [9.17, 15) is 0 Å². The van der Waals surface area contributed by atoms with E-state index in [0.717, 1.165) is 29.1 Å². The first kappa shape index (κ1) is 11.2. The van der Waals surface area contributed by atoms with Crippen LogP contribution in [0.3, 0.4) is 0 Å². The predicted molar refractivity (Wildman–Crippen MR) is 71.4 cm³/mol. The highest BCUT2D eigenvalue weighted by molar-refractivity contribution is 7.71. The normalized spacial score (nSPS) is 11.5. The fourth-order valence-corrected chi connectivity index (χ4v) is 2.48. The molecule has 0 aliphatic rings. The number of fused-ring (bicyclic) bond motifs is 1. The van der Waals surface area contributed by atoms with Gasteiger partial charge in [-0.1, -0.05) is 6.92 Å². The Morgan fingerprint density at radius 3 is 2.72 bits per heavy atom. The highest BCUT2D eigenvalue weighted by Gasteiger charge is 2.16. The second-order valence-corrected chi connectivity index (χ2v) is 4.62. The number of H-pyrrole nitrogens is 1. The summed E-state index contributed by atoms with van der Waals surface area (Å²) in [6.45, 7) is 2.08. The van der Waals surface area contributed by atoms with Crippen LogP contribution in [0.4, 0.5) is 0 Å². The van der Waals surface area contributed by atoms with Crippen LogP contribution < -0.4 is 0 Å². The van der Waals surface area contributed by atoms with Crippen molar-refractivity contribution in [2.75, 3.05) is 0 Å². The largest absolute Gasteiger partial charge is 0.327 e. The maximum absolute atomic E-state index is 5.38. The smallest absolute Gasteiger partial charge is 0.185 e. The molecule has 6 nitrogen and oxygen atoms in total. The highest BCUT2D eigenvalue weighted by Crippen LogP contribution is 2.21. The van der Waals surface area contributed by atoms with Gasteiger partial charge in [0.1, 0.15) is 5.52 Å². The lowest BCUT2D eigenvalue weighted by Crippen LogP contribution is -2.02. The fraction of sp³-hybridized carbons (Fsp3) is 0.364. The van der Waals surface area contributed by atoms with Crippen molar-refractivity contribution in [2.24, 2.45) is 14.1 Å². The van der Waals surface area contributed by atoms with Crippen molar-refractivity contribution in [1.29, 1.82) is 0 Å². The van der Waals surface area contributed by atoms with E-state index in [1.165, 1.54) is 0 Å². The zero-order valence-electron chi connectivity index (χ0n) is 10.5. The third-order valence-electron chi connectivity index (χ3n) is 3.00. The molecular weight excluding hydrogens is 248 g/mol. The number of aromatic amines is 1. The SMILES string of the molecule is CCc1nn(C)c2c1[nH]c(=S)n2-c1ccn(C)n1. The molecule has 0 atom stereocenters. The summed E-state index contributed by atoms with van der Waals surface area (Å²) in [5.41, 5.74) is 2.97. The van der Waals surface area contributed by atoms with Crippen molar-refractivity contribution in [3.63, 3.8) is 0 Å². The second-order valence-electron chi connectivity index (χ2n) is 4.24. The van der Waals surface area contributed by atoms with Crippen LogP contribution in [-0.2, 0) is 20.5 Å². The average Bonchev–Trinajstić information content (AvgIpc) is 2.96. The maximum atomic E-state index is 5.38. The van der Waals surface area contributed by atoms with Crippen molar-refractivity contribution >= 4 is 23.4 Å². The van der Waals surface area contributed by atoms with E-state index in [-0.39, 0.29) is 0 Å². The summed E-state index contributed by atoms with van der Waals surface area (Å²) < 4.78 is 6.16. The van der Waals surface area contributed by atoms with Gasteiger partial charge in [-0.05, 0) is 18.6 Å². The number of hydrogen-bond acceptors (Lipinski definition) is 3. The van der Waals surface area contributed by atoms with Gasteiger partial charge >= 0.3 is 0 Å². The van der Waals surface area contributed by atoms with E-state index in [1.807, 2.05) is 35.6 Å². The van der Waals surface area contributed by atoms with Gasteiger partial charge in [-0.15, -0.1) is 0 Å². The van der Waals surface area contributed by atoms with Gasteiger partial charge in [0.2, 0.25) is 0 Å². The molecule has 0 saturated heterocycles. The molecule has 1 N–H and O–H groups in total. The molecule has 18 heavy (non-hydrogen) atoms. The molecule has 0 unspecified atom stereocenters. The molecule has 0 radical (unpaired) electrons. The number of imidazole rings is 1. The molecule has 0 fully saturated rings. The van der Waals surface area contributed by atoms with Gasteiger partial charge in [-0.25, -0.2) is 4.68 Å². The first-order chi connectivity index (χ1) is 8.61. The quantitative estimate of drug-likeness (QED) is 0.715. The molecule has 3 rings (SSSR count). The number of aromatic nitrogens is 6. The van der Waals surface area contributed by atoms with Crippen LogP contribution >= 0.6 is 12.2 Å². The summed E-state index contributed by atoms with van der Waals surface area (Å²) in [6, 6.07) is 1.93. The minimum atomic E-state index is 0.645. The van der Waals surface area contributed by atoms with Gasteiger partial charge < -0.3 is 4.98 Å². The van der Waals surface area contributed by atoms with Gasteiger partial charge in [0.15, 0.2) is 16.2 Å². The van der Waals surface area contributed by atoms with Crippen LogP contribution in [0.25, 0.3) is 17.0 Å². The Kier molecular flexibility index (Phi) is 2.37. The Balaban J connectivity index is 2.39. The molecule has 0 bridgehead atoms. The molecule has 0 saturated carbocycles. The summed E-state index contributed by atoms with van der Waals surface area (Å²) in [4.78, 5) is 3.22. The van der Waals surface area contributed by atoms with Gasteiger partial charge in [-0.3, -0.25) is 9.25 Å². The minimum Gasteiger partial charge on any atom is -0.327 e. The number of nitrogens with one attached hydrogen (secondary N) is 1. The zero-order valence-corrected chi connectivity index (χ0v) is 11.3. The molecule has 94 valence electrons. The number of hydrogen-bond donors (Lipinski definition) is 1. The predicted octanol–water partition coefficient (Wildman–Crippen LogP) is 1.72. The van der Waals surface area contributed by atoms with E-state index in [4.69, 9.17) is 12.2 Å². The van der Waals surface area contributed by atoms with Crippen LogP contribution in [0.15, 0.2) is 12.3 Å². The third kappa shape index (κ3) is 1.43. The number of rotatable bonds is 2. The lowest BCUT2D eigenvalue weighted by molar-refractivity contribution is 0.727. The summed E-state index contributed by atoms with van der Waals surface area (Å²) in [5.74, 6) is 0.805. The van der Waals surface area contributed by atoms with Crippen LogP contribution in [0.2, 0.25) is 0 Å². The number of aryl methyl sites for hydroxylation is 3. The third-order valence-corrected chi connectivity index (χ3v) is 3.28. The van der Waals surface area contributed by atoms with E-state index in [2.05, 4.69) is 22.1 Å². The highest BCUT2D eigenvalue weighted by atomic mass is 32.1. The van der Waals surface area contributed by atoms with Crippen molar-refractivity contribution in [1.82, 2.24) is 29.1 Å². The van der Waals surface area contributed by atoms with Gasteiger partial charge in [0.05, 0.1) is 5.69 Å². The first-order valence-corrected chi connectivity index (χ1v) is 6.19. The van der Waals surface area contributed by atoms with Crippen LogP contribution in [0.5, 0.6) is 0 Å². The molecule has 0 aliphatic heterocycles. The van der Waals surface area contributed by atoms with Gasteiger partial charge in [0.25, 0.3) is 0 Å². The molecule has 3 heterocycles. The molecule has 3 aromatic heterocycles. The van der Waals surface area contributed by atoms with Crippen molar-refractivity contribution < 1.29 is 0 Å². The zero-order chi connectivity index (χ0) is 12.9. The van der Waals surface area contributed by atoms with E-state index < -0.39 is 0 Å².